The SMILES string of the molecule is CC1CN(c2n[nH]c(-c3ccc(I)cc3)n2)CC(C)N1. The van der Waals surface area contributed by atoms with E-state index in [1.54, 1.807) is 0 Å². The highest BCUT2D eigenvalue weighted by Gasteiger charge is 2.23. The second kappa shape index (κ2) is 5.69. The van der Waals surface area contributed by atoms with Crippen LogP contribution in [0.25, 0.3) is 11.4 Å². The van der Waals surface area contributed by atoms with Gasteiger partial charge in [-0.2, -0.15) is 4.98 Å². The molecule has 0 amide bonds. The van der Waals surface area contributed by atoms with Gasteiger partial charge in [0.05, 0.1) is 0 Å². The van der Waals surface area contributed by atoms with E-state index in [2.05, 4.69) is 86.1 Å². The number of hydrogen-bond donors (Lipinski definition) is 2. The summed E-state index contributed by atoms with van der Waals surface area (Å²) in [5.74, 6) is 1.62. The Kier molecular flexibility index (Phi) is 3.93. The molecule has 1 aromatic carbocycles. The quantitative estimate of drug-likeness (QED) is 0.782. The van der Waals surface area contributed by atoms with Crippen LogP contribution in [0.4, 0.5) is 5.95 Å². The molecular weight excluding hydrogens is 365 g/mol. The molecule has 0 saturated carbocycles. The van der Waals surface area contributed by atoms with Gasteiger partial charge in [0.25, 0.3) is 0 Å². The van der Waals surface area contributed by atoms with E-state index in [-0.39, 0.29) is 0 Å². The summed E-state index contributed by atoms with van der Waals surface area (Å²) in [4.78, 5) is 6.87. The number of aromatic nitrogens is 3. The summed E-state index contributed by atoms with van der Waals surface area (Å²) < 4.78 is 1.22. The summed E-state index contributed by atoms with van der Waals surface area (Å²) in [6.07, 6.45) is 0. The Labute approximate surface area is 132 Å². The molecule has 1 aromatic heterocycles. The van der Waals surface area contributed by atoms with Crippen molar-refractivity contribution in [2.45, 2.75) is 25.9 Å². The van der Waals surface area contributed by atoms with E-state index in [9.17, 15) is 0 Å². The molecule has 106 valence electrons. The summed E-state index contributed by atoms with van der Waals surface area (Å²) in [6, 6.07) is 9.20. The smallest absolute Gasteiger partial charge is 0.245 e. The highest BCUT2D eigenvalue weighted by Crippen LogP contribution is 2.20. The van der Waals surface area contributed by atoms with Gasteiger partial charge in [-0.15, -0.1) is 5.10 Å². The summed E-state index contributed by atoms with van der Waals surface area (Å²) in [6.45, 7) is 6.26. The van der Waals surface area contributed by atoms with E-state index in [1.165, 1.54) is 3.57 Å². The Morgan fingerprint density at radius 1 is 1.15 bits per heavy atom. The highest BCUT2D eigenvalue weighted by molar-refractivity contribution is 14.1. The molecule has 0 aliphatic carbocycles. The predicted molar refractivity (Wildman–Crippen MR) is 88.8 cm³/mol. The molecule has 5 nitrogen and oxygen atoms in total. The molecule has 2 unspecified atom stereocenters. The van der Waals surface area contributed by atoms with Crippen LogP contribution in [0.1, 0.15) is 13.8 Å². The van der Waals surface area contributed by atoms with Crippen LogP contribution in [0.2, 0.25) is 0 Å². The minimum atomic E-state index is 0.457. The third kappa shape index (κ3) is 2.95. The van der Waals surface area contributed by atoms with Gasteiger partial charge in [-0.25, -0.2) is 0 Å². The zero-order valence-electron chi connectivity index (χ0n) is 11.6. The summed E-state index contributed by atoms with van der Waals surface area (Å²) >= 11 is 2.30. The zero-order valence-corrected chi connectivity index (χ0v) is 13.8. The standard InChI is InChI=1S/C14H18IN5/c1-9-7-20(8-10(2)16-9)14-17-13(18-19-14)11-3-5-12(15)6-4-11/h3-6,9-10,16H,7-8H2,1-2H3,(H,17,18,19). The molecule has 1 aliphatic rings. The third-order valence-electron chi connectivity index (χ3n) is 3.43. The van der Waals surface area contributed by atoms with Crippen molar-refractivity contribution < 1.29 is 0 Å². The Morgan fingerprint density at radius 3 is 2.45 bits per heavy atom. The normalized spacial score (nSPS) is 23.1. The summed E-state index contributed by atoms with van der Waals surface area (Å²) in [5, 5.41) is 10.9. The highest BCUT2D eigenvalue weighted by atomic mass is 127. The van der Waals surface area contributed by atoms with E-state index in [4.69, 9.17) is 0 Å². The average Bonchev–Trinajstić information content (AvgIpc) is 2.88. The number of anilines is 1. The molecule has 0 radical (unpaired) electrons. The number of benzene rings is 1. The van der Waals surface area contributed by atoms with Crippen LogP contribution >= 0.6 is 22.6 Å². The molecule has 20 heavy (non-hydrogen) atoms. The topological polar surface area (TPSA) is 56.8 Å². The van der Waals surface area contributed by atoms with Crippen molar-refractivity contribution in [2.24, 2.45) is 0 Å². The van der Waals surface area contributed by atoms with Gasteiger partial charge in [0.2, 0.25) is 5.95 Å². The van der Waals surface area contributed by atoms with Crippen molar-refractivity contribution in [1.82, 2.24) is 20.5 Å². The molecule has 0 bridgehead atoms. The van der Waals surface area contributed by atoms with E-state index in [0.717, 1.165) is 30.4 Å². The second-order valence-electron chi connectivity index (χ2n) is 5.36. The molecule has 1 fully saturated rings. The summed E-state index contributed by atoms with van der Waals surface area (Å²) in [5.41, 5.74) is 1.07. The maximum absolute atomic E-state index is 4.63. The van der Waals surface area contributed by atoms with Gasteiger partial charge >= 0.3 is 0 Å². The monoisotopic (exact) mass is 383 g/mol. The van der Waals surface area contributed by atoms with Gasteiger partial charge in [-0.05, 0) is 48.6 Å². The molecule has 0 spiro atoms. The van der Waals surface area contributed by atoms with Crippen molar-refractivity contribution in [1.29, 1.82) is 0 Å². The first kappa shape index (κ1) is 13.8. The number of halogens is 1. The molecule has 1 saturated heterocycles. The van der Waals surface area contributed by atoms with Gasteiger partial charge in [0.15, 0.2) is 5.82 Å². The van der Waals surface area contributed by atoms with Crippen LogP contribution in [0.15, 0.2) is 24.3 Å². The number of rotatable bonds is 2. The molecule has 2 aromatic rings. The Morgan fingerprint density at radius 2 is 1.80 bits per heavy atom. The Hall–Kier alpha value is -1.15. The molecule has 1 aliphatic heterocycles. The molecule has 6 heteroatoms. The fraction of sp³-hybridized carbons (Fsp3) is 0.429. The molecule has 2 heterocycles. The second-order valence-corrected chi connectivity index (χ2v) is 6.61. The van der Waals surface area contributed by atoms with Crippen LogP contribution in [0.3, 0.4) is 0 Å². The Balaban J connectivity index is 1.81. The number of nitrogens with one attached hydrogen (secondary N) is 2. The van der Waals surface area contributed by atoms with E-state index in [1.807, 2.05) is 0 Å². The van der Waals surface area contributed by atoms with Crippen LogP contribution < -0.4 is 10.2 Å². The van der Waals surface area contributed by atoms with Crippen molar-refractivity contribution in [2.75, 3.05) is 18.0 Å². The van der Waals surface area contributed by atoms with Crippen LogP contribution in [-0.2, 0) is 0 Å². The van der Waals surface area contributed by atoms with Gasteiger partial charge in [0, 0.05) is 34.3 Å². The largest absolute Gasteiger partial charge is 0.336 e. The fourth-order valence-corrected chi connectivity index (χ4v) is 2.98. The van der Waals surface area contributed by atoms with Crippen molar-refractivity contribution >= 4 is 28.5 Å². The molecule has 2 N–H and O–H groups in total. The average molecular weight is 383 g/mol. The van der Waals surface area contributed by atoms with E-state index < -0.39 is 0 Å². The maximum Gasteiger partial charge on any atom is 0.245 e. The fourth-order valence-electron chi connectivity index (χ4n) is 2.62. The van der Waals surface area contributed by atoms with Gasteiger partial charge in [0.1, 0.15) is 0 Å². The predicted octanol–water partition coefficient (Wildman–Crippen LogP) is 2.26. The van der Waals surface area contributed by atoms with Crippen LogP contribution in [0, 0.1) is 3.57 Å². The summed E-state index contributed by atoms with van der Waals surface area (Å²) in [7, 11) is 0. The number of aromatic amines is 1. The lowest BCUT2D eigenvalue weighted by Crippen LogP contribution is -2.54. The zero-order chi connectivity index (χ0) is 14.1. The minimum Gasteiger partial charge on any atom is -0.336 e. The Bertz CT molecular complexity index is 570. The number of H-pyrrole nitrogens is 1. The van der Waals surface area contributed by atoms with E-state index >= 15 is 0 Å². The molecular formula is C14H18IN5. The van der Waals surface area contributed by atoms with Crippen molar-refractivity contribution in [3.63, 3.8) is 0 Å². The molecule has 3 rings (SSSR count). The van der Waals surface area contributed by atoms with Gasteiger partial charge in [-0.3, -0.25) is 5.10 Å². The van der Waals surface area contributed by atoms with Crippen molar-refractivity contribution in [3.8, 4) is 11.4 Å². The van der Waals surface area contributed by atoms with Crippen molar-refractivity contribution in [3.05, 3.63) is 27.8 Å². The first-order valence-electron chi connectivity index (χ1n) is 6.81. The first-order valence-corrected chi connectivity index (χ1v) is 7.89. The van der Waals surface area contributed by atoms with Gasteiger partial charge in [-0.1, -0.05) is 12.1 Å². The number of piperazine rings is 1. The van der Waals surface area contributed by atoms with Gasteiger partial charge < -0.3 is 10.2 Å². The minimum absolute atomic E-state index is 0.457. The maximum atomic E-state index is 4.63. The molecule has 2 atom stereocenters. The number of nitrogens with zero attached hydrogens (tertiary/aromatic N) is 3. The lowest BCUT2D eigenvalue weighted by molar-refractivity contribution is 0.403. The number of hydrogen-bond acceptors (Lipinski definition) is 4. The first-order chi connectivity index (χ1) is 9.61. The van der Waals surface area contributed by atoms with E-state index in [0.29, 0.717) is 12.1 Å². The lowest BCUT2D eigenvalue weighted by Gasteiger charge is -2.35. The lowest BCUT2D eigenvalue weighted by atomic mass is 10.1. The van der Waals surface area contributed by atoms with Crippen LogP contribution in [0.5, 0.6) is 0 Å². The van der Waals surface area contributed by atoms with Crippen LogP contribution in [-0.4, -0.2) is 40.4 Å². The third-order valence-corrected chi connectivity index (χ3v) is 4.15.